The van der Waals surface area contributed by atoms with E-state index in [1.807, 2.05) is 0 Å². The lowest BCUT2D eigenvalue weighted by Gasteiger charge is -2.15. The molecule has 30 heavy (non-hydrogen) atoms. The number of aliphatic carboxylic acids is 1. The minimum Gasteiger partial charge on any atom is -0.481 e. The Bertz CT molecular complexity index is 429. The maximum absolute atomic E-state index is 9.37. The van der Waals surface area contributed by atoms with E-state index in [1.54, 1.807) is 6.92 Å². The molecule has 0 unspecified atom stereocenters. The second-order valence-corrected chi connectivity index (χ2v) is 8.50. The first-order chi connectivity index (χ1) is 14.5. The van der Waals surface area contributed by atoms with Gasteiger partial charge in [0.25, 0.3) is 0 Å². The third kappa shape index (κ3) is 28.9. The van der Waals surface area contributed by atoms with Crippen LogP contribution in [-0.4, -0.2) is 36.1 Å². The molecule has 1 N–H and O–H groups in total. The van der Waals surface area contributed by atoms with Crippen molar-refractivity contribution < 1.29 is 9.90 Å². The van der Waals surface area contributed by atoms with Crippen LogP contribution in [0.15, 0.2) is 12.2 Å². The van der Waals surface area contributed by atoms with Gasteiger partial charge >= 0.3 is 5.97 Å². The minimum atomic E-state index is -0.745. The highest BCUT2D eigenvalue weighted by Crippen LogP contribution is 2.13. The normalized spacial score (nSPS) is 10.4. The van der Waals surface area contributed by atoms with Crippen molar-refractivity contribution in [3.63, 3.8) is 0 Å². The van der Waals surface area contributed by atoms with Crippen LogP contribution in [0.5, 0.6) is 0 Å². The lowest BCUT2D eigenvalue weighted by molar-refractivity contribution is -0.136. The van der Waals surface area contributed by atoms with Gasteiger partial charge in [-0.1, -0.05) is 117 Å². The van der Waals surface area contributed by atoms with Crippen LogP contribution in [0, 0.1) is 11.3 Å². The average molecular weight is 423 g/mol. The van der Waals surface area contributed by atoms with Crippen molar-refractivity contribution in [1.82, 2.24) is 4.90 Å². The number of nitrogens with zero attached hydrogens (tertiary/aromatic N) is 2. The molecule has 4 nitrogen and oxygen atoms in total. The van der Waals surface area contributed by atoms with Gasteiger partial charge < -0.3 is 10.0 Å². The predicted octanol–water partition coefficient (Wildman–Crippen LogP) is 7.74. The summed E-state index contributed by atoms with van der Waals surface area (Å²) in [6.45, 7) is 9.42. The number of rotatable bonds is 20. The topological polar surface area (TPSA) is 64.3 Å². The van der Waals surface area contributed by atoms with Crippen molar-refractivity contribution >= 4 is 5.97 Å². The van der Waals surface area contributed by atoms with Gasteiger partial charge in [0.05, 0.1) is 6.07 Å². The minimum absolute atomic E-state index is 0.222. The van der Waals surface area contributed by atoms with Crippen molar-refractivity contribution in [2.75, 3.05) is 20.1 Å². The van der Waals surface area contributed by atoms with Gasteiger partial charge in [-0.05, 0) is 20.0 Å². The highest BCUT2D eigenvalue weighted by Gasteiger charge is 2.00. The van der Waals surface area contributed by atoms with Crippen LogP contribution >= 0.6 is 0 Å². The maximum Gasteiger partial charge on any atom is 0.303 e. The van der Waals surface area contributed by atoms with E-state index in [2.05, 4.69) is 31.5 Å². The summed E-state index contributed by atoms with van der Waals surface area (Å²) in [4.78, 5) is 11.6. The quantitative estimate of drug-likeness (QED) is 0.161. The van der Waals surface area contributed by atoms with Crippen molar-refractivity contribution in [1.29, 1.82) is 5.26 Å². The second-order valence-electron chi connectivity index (χ2n) is 8.50. The van der Waals surface area contributed by atoms with Gasteiger partial charge in [-0.15, -0.1) is 0 Å². The Balaban J connectivity index is 0. The molecule has 0 atom stereocenters. The summed E-state index contributed by atoms with van der Waals surface area (Å²) in [7, 11) is 2.08. The molecule has 0 saturated carbocycles. The molecule has 176 valence electrons. The van der Waals surface area contributed by atoms with Crippen LogP contribution in [0.1, 0.15) is 123 Å². The van der Waals surface area contributed by atoms with Crippen molar-refractivity contribution in [3.05, 3.63) is 12.2 Å². The highest BCUT2D eigenvalue weighted by molar-refractivity contribution is 5.66. The fraction of sp³-hybridized carbons (Fsp3) is 0.846. The number of nitriles is 1. The molecular formula is C26H50N2O2. The van der Waals surface area contributed by atoms with Crippen molar-refractivity contribution in [3.8, 4) is 6.07 Å². The standard InChI is InChI=1S/C23H44N2.C3H6O2/c1-4-5-6-7-8-9-10-11-12-13-14-15-16-17-18-19-20-25(3)22-23(2)21-24;1-2-3(4)5/h2,4-20,22H2,1,3H3;2H2,1H3,(H,4,5). The first kappa shape index (κ1) is 30.9. The third-order valence-corrected chi connectivity index (χ3v) is 5.31. The number of carboxylic acids is 1. The Morgan fingerprint density at radius 2 is 1.13 bits per heavy atom. The van der Waals surface area contributed by atoms with Gasteiger partial charge in [0, 0.05) is 18.5 Å². The molecular weight excluding hydrogens is 372 g/mol. The summed E-state index contributed by atoms with van der Waals surface area (Å²) in [5, 5.41) is 16.4. The summed E-state index contributed by atoms with van der Waals surface area (Å²) in [6.07, 6.45) is 22.8. The fourth-order valence-corrected chi connectivity index (χ4v) is 3.37. The van der Waals surface area contributed by atoms with Gasteiger partial charge in [0.2, 0.25) is 0 Å². The molecule has 0 aliphatic carbocycles. The van der Waals surface area contributed by atoms with Crippen LogP contribution in [0.2, 0.25) is 0 Å². The molecule has 0 aliphatic rings. The lowest BCUT2D eigenvalue weighted by Crippen LogP contribution is -2.21. The summed E-state index contributed by atoms with van der Waals surface area (Å²) < 4.78 is 0. The van der Waals surface area contributed by atoms with Crippen LogP contribution < -0.4 is 0 Å². The number of carbonyl (C=O) groups is 1. The van der Waals surface area contributed by atoms with Crippen LogP contribution in [0.4, 0.5) is 0 Å². The summed E-state index contributed by atoms with van der Waals surface area (Å²) >= 11 is 0. The number of unbranched alkanes of at least 4 members (excludes halogenated alkanes) is 15. The highest BCUT2D eigenvalue weighted by atomic mass is 16.4. The Kier molecular flexibility index (Phi) is 26.4. The number of likely N-dealkylation sites (N-methyl/N-ethyl adjacent to an activating group) is 1. The molecule has 0 radical (unpaired) electrons. The van der Waals surface area contributed by atoms with E-state index in [0.29, 0.717) is 5.57 Å². The second kappa shape index (κ2) is 25.7. The van der Waals surface area contributed by atoms with Gasteiger partial charge in [-0.3, -0.25) is 4.79 Å². The number of hydrogen-bond donors (Lipinski definition) is 1. The van der Waals surface area contributed by atoms with Crippen molar-refractivity contribution in [2.24, 2.45) is 0 Å². The molecule has 0 saturated heterocycles. The molecule has 0 amide bonds. The molecule has 0 aromatic carbocycles. The SMILES string of the molecule is C=C(C#N)CN(C)CCCCCCCCCCCCCCCCCC.CCC(=O)O. The summed E-state index contributed by atoms with van der Waals surface area (Å²) in [6, 6.07) is 2.12. The fourth-order valence-electron chi connectivity index (χ4n) is 3.37. The molecule has 4 heteroatoms. The summed E-state index contributed by atoms with van der Waals surface area (Å²) in [5.74, 6) is -0.745. The maximum atomic E-state index is 9.37. The van der Waals surface area contributed by atoms with Crippen LogP contribution in [0.3, 0.4) is 0 Å². The van der Waals surface area contributed by atoms with Gasteiger partial charge in [-0.25, -0.2) is 0 Å². The molecule has 0 aromatic heterocycles. The van der Waals surface area contributed by atoms with Crippen LogP contribution in [0.25, 0.3) is 0 Å². The first-order valence-corrected chi connectivity index (χ1v) is 12.5. The van der Waals surface area contributed by atoms with E-state index in [-0.39, 0.29) is 6.42 Å². The predicted molar refractivity (Wildman–Crippen MR) is 130 cm³/mol. The molecule has 0 aromatic rings. The molecule has 0 spiro atoms. The third-order valence-electron chi connectivity index (χ3n) is 5.31. The van der Waals surface area contributed by atoms with Crippen molar-refractivity contribution in [2.45, 2.75) is 123 Å². The Morgan fingerprint density at radius 3 is 1.43 bits per heavy atom. The lowest BCUT2D eigenvalue weighted by atomic mass is 10.0. The van der Waals surface area contributed by atoms with E-state index < -0.39 is 5.97 Å². The zero-order chi connectivity index (χ0) is 22.9. The van der Waals surface area contributed by atoms with E-state index in [0.717, 1.165) is 13.1 Å². The Morgan fingerprint density at radius 1 is 0.800 bits per heavy atom. The number of hydrogen-bond acceptors (Lipinski definition) is 3. The smallest absolute Gasteiger partial charge is 0.303 e. The van der Waals surface area contributed by atoms with Gasteiger partial charge in [0.15, 0.2) is 0 Å². The molecule has 0 bridgehead atoms. The molecule has 0 rings (SSSR count). The molecule has 0 aliphatic heterocycles. The van der Waals surface area contributed by atoms with E-state index in [1.165, 1.54) is 103 Å². The van der Waals surface area contributed by atoms with E-state index in [4.69, 9.17) is 10.4 Å². The average Bonchev–Trinajstić information content (AvgIpc) is 2.73. The zero-order valence-corrected chi connectivity index (χ0v) is 20.4. The zero-order valence-electron chi connectivity index (χ0n) is 20.4. The number of carboxylic acid groups (broad SMARTS) is 1. The Labute approximate surface area is 187 Å². The van der Waals surface area contributed by atoms with Crippen LogP contribution in [-0.2, 0) is 4.79 Å². The molecule has 0 fully saturated rings. The van der Waals surface area contributed by atoms with Gasteiger partial charge in [-0.2, -0.15) is 5.26 Å². The monoisotopic (exact) mass is 422 g/mol. The molecule has 0 heterocycles. The van der Waals surface area contributed by atoms with Gasteiger partial charge in [0.1, 0.15) is 0 Å². The van der Waals surface area contributed by atoms with E-state index in [9.17, 15) is 4.79 Å². The summed E-state index contributed by atoms with van der Waals surface area (Å²) in [5.41, 5.74) is 0.666. The Hall–Kier alpha value is -1.34. The first-order valence-electron chi connectivity index (χ1n) is 12.5. The van der Waals surface area contributed by atoms with E-state index >= 15 is 0 Å². The largest absolute Gasteiger partial charge is 0.481 e.